The Balaban J connectivity index is 2.38. The number of hydrogen-bond donors (Lipinski definition) is 2. The van der Waals surface area contributed by atoms with Gasteiger partial charge < -0.3 is 5.73 Å². The van der Waals surface area contributed by atoms with Crippen LogP contribution in [0.25, 0.3) is 0 Å². The monoisotopic (exact) mass is 308 g/mol. The van der Waals surface area contributed by atoms with Gasteiger partial charge in [0.25, 0.3) is 0 Å². The Kier molecular flexibility index (Phi) is 4.08. The van der Waals surface area contributed by atoms with Crippen LogP contribution in [0.1, 0.15) is 11.1 Å². The average Bonchev–Trinajstić information content (AvgIpc) is 2.35. The van der Waals surface area contributed by atoms with E-state index >= 15 is 0 Å². The molecule has 6 heteroatoms. The second-order valence-electron chi connectivity index (χ2n) is 4.62. The predicted octanol–water partition coefficient (Wildman–Crippen LogP) is 2.68. The molecule has 0 atom stereocenters. The number of benzene rings is 2. The first-order valence-corrected chi connectivity index (χ1v) is 8.31. The van der Waals surface area contributed by atoms with Gasteiger partial charge in [0, 0.05) is 15.5 Å². The lowest BCUT2D eigenvalue weighted by molar-refractivity contribution is 0.598. The lowest BCUT2D eigenvalue weighted by Gasteiger charge is -2.10. The first kappa shape index (κ1) is 14.9. The van der Waals surface area contributed by atoms with E-state index in [2.05, 4.69) is 6.07 Å². The van der Waals surface area contributed by atoms with Crippen LogP contribution in [0.5, 0.6) is 0 Å². The van der Waals surface area contributed by atoms with Gasteiger partial charge in [-0.2, -0.15) is 0 Å². The Bertz CT molecular complexity index is 756. The zero-order valence-corrected chi connectivity index (χ0v) is 12.9. The maximum absolute atomic E-state index is 11.3. The molecule has 0 radical (unpaired) electrons. The van der Waals surface area contributed by atoms with E-state index in [-0.39, 0.29) is 4.90 Å². The molecule has 0 amide bonds. The van der Waals surface area contributed by atoms with Gasteiger partial charge in [0.05, 0.1) is 4.90 Å². The van der Waals surface area contributed by atoms with Crippen LogP contribution in [0.3, 0.4) is 0 Å². The van der Waals surface area contributed by atoms with Gasteiger partial charge in [0.1, 0.15) is 0 Å². The van der Waals surface area contributed by atoms with Crippen LogP contribution in [0.2, 0.25) is 0 Å². The fourth-order valence-electron chi connectivity index (χ4n) is 1.73. The minimum atomic E-state index is -3.72. The molecule has 0 bridgehead atoms. The lowest BCUT2D eigenvalue weighted by Crippen LogP contribution is -2.12. The van der Waals surface area contributed by atoms with Gasteiger partial charge in [-0.15, -0.1) is 0 Å². The smallest absolute Gasteiger partial charge is 0.238 e. The van der Waals surface area contributed by atoms with E-state index in [9.17, 15) is 8.42 Å². The number of sulfonamides is 1. The Morgan fingerprint density at radius 1 is 1.00 bits per heavy atom. The maximum Gasteiger partial charge on any atom is 0.238 e. The van der Waals surface area contributed by atoms with Gasteiger partial charge in [-0.25, -0.2) is 13.6 Å². The Morgan fingerprint density at radius 2 is 1.70 bits per heavy atom. The molecule has 0 spiro atoms. The van der Waals surface area contributed by atoms with Gasteiger partial charge in [-0.05, 0) is 49.2 Å². The number of aryl methyl sites for hydroxylation is 2. The van der Waals surface area contributed by atoms with Crippen molar-refractivity contribution < 1.29 is 8.42 Å². The SMILES string of the molecule is Cc1ccc(C)c(Sc2ccc(S(N)(=O)=O)cc2N)c1. The summed E-state index contributed by atoms with van der Waals surface area (Å²) in [5.41, 5.74) is 8.63. The first-order chi connectivity index (χ1) is 9.27. The summed E-state index contributed by atoms with van der Waals surface area (Å²) >= 11 is 1.51. The molecule has 0 unspecified atom stereocenters. The van der Waals surface area contributed by atoms with E-state index in [0.29, 0.717) is 5.69 Å². The number of nitrogens with two attached hydrogens (primary N) is 2. The third-order valence-electron chi connectivity index (χ3n) is 2.87. The standard InChI is InChI=1S/C14H16N2O2S2/c1-9-3-4-10(2)14(7-9)19-13-6-5-11(8-12(13)15)20(16,17)18/h3-8H,15H2,1-2H3,(H2,16,17,18). The Morgan fingerprint density at radius 3 is 2.30 bits per heavy atom. The summed E-state index contributed by atoms with van der Waals surface area (Å²) < 4.78 is 22.5. The van der Waals surface area contributed by atoms with Gasteiger partial charge in [0.2, 0.25) is 10.0 Å². The van der Waals surface area contributed by atoms with Crippen molar-refractivity contribution in [1.82, 2.24) is 0 Å². The topological polar surface area (TPSA) is 86.2 Å². The van der Waals surface area contributed by atoms with Gasteiger partial charge >= 0.3 is 0 Å². The zero-order valence-electron chi connectivity index (χ0n) is 11.3. The fourth-order valence-corrected chi connectivity index (χ4v) is 3.30. The van der Waals surface area contributed by atoms with E-state index in [1.165, 1.54) is 23.9 Å². The second-order valence-corrected chi connectivity index (χ2v) is 7.26. The number of primary sulfonamides is 1. The summed E-state index contributed by atoms with van der Waals surface area (Å²) in [7, 11) is -3.72. The zero-order chi connectivity index (χ0) is 14.9. The summed E-state index contributed by atoms with van der Waals surface area (Å²) in [6.45, 7) is 4.05. The van der Waals surface area contributed by atoms with Gasteiger partial charge in [0.15, 0.2) is 0 Å². The minimum Gasteiger partial charge on any atom is -0.398 e. The Labute approximate surface area is 123 Å². The maximum atomic E-state index is 11.3. The molecule has 2 rings (SSSR count). The lowest BCUT2D eigenvalue weighted by atomic mass is 10.2. The molecule has 2 aromatic carbocycles. The van der Waals surface area contributed by atoms with Crippen molar-refractivity contribution in [1.29, 1.82) is 0 Å². The molecule has 0 heterocycles. The quantitative estimate of drug-likeness (QED) is 0.854. The summed E-state index contributed by atoms with van der Waals surface area (Å²) in [5, 5.41) is 5.08. The summed E-state index contributed by atoms with van der Waals surface area (Å²) in [6.07, 6.45) is 0. The molecule has 0 aliphatic rings. The Hall–Kier alpha value is -1.50. The highest BCUT2D eigenvalue weighted by molar-refractivity contribution is 7.99. The van der Waals surface area contributed by atoms with Crippen LogP contribution in [-0.4, -0.2) is 8.42 Å². The van der Waals surface area contributed by atoms with Crippen molar-refractivity contribution >= 4 is 27.5 Å². The van der Waals surface area contributed by atoms with E-state index in [1.54, 1.807) is 6.07 Å². The van der Waals surface area contributed by atoms with Crippen molar-refractivity contribution in [3.8, 4) is 0 Å². The van der Waals surface area contributed by atoms with Gasteiger partial charge in [-0.3, -0.25) is 0 Å². The van der Waals surface area contributed by atoms with E-state index in [1.807, 2.05) is 26.0 Å². The van der Waals surface area contributed by atoms with Crippen molar-refractivity contribution in [3.05, 3.63) is 47.5 Å². The molecule has 0 fully saturated rings. The molecule has 20 heavy (non-hydrogen) atoms. The molecule has 4 nitrogen and oxygen atoms in total. The second kappa shape index (κ2) is 5.47. The highest BCUT2D eigenvalue weighted by Crippen LogP contribution is 2.35. The molecule has 106 valence electrons. The summed E-state index contributed by atoms with van der Waals surface area (Å²) in [6, 6.07) is 10.7. The van der Waals surface area contributed by atoms with Crippen molar-refractivity contribution in [2.24, 2.45) is 5.14 Å². The molecule has 4 N–H and O–H groups in total. The normalized spacial score (nSPS) is 11.6. The molecule has 0 saturated carbocycles. The summed E-state index contributed by atoms with van der Waals surface area (Å²) in [4.78, 5) is 1.94. The van der Waals surface area contributed by atoms with Crippen LogP contribution in [0, 0.1) is 13.8 Å². The highest BCUT2D eigenvalue weighted by Gasteiger charge is 2.11. The number of rotatable bonds is 3. The van der Waals surface area contributed by atoms with E-state index in [4.69, 9.17) is 10.9 Å². The van der Waals surface area contributed by atoms with Crippen LogP contribution in [0.4, 0.5) is 5.69 Å². The highest BCUT2D eigenvalue weighted by atomic mass is 32.2. The van der Waals surface area contributed by atoms with Crippen LogP contribution in [-0.2, 0) is 10.0 Å². The van der Waals surface area contributed by atoms with Crippen LogP contribution < -0.4 is 10.9 Å². The number of anilines is 1. The third-order valence-corrected chi connectivity index (χ3v) is 5.04. The predicted molar refractivity (Wildman–Crippen MR) is 82.3 cm³/mol. The van der Waals surface area contributed by atoms with Crippen LogP contribution >= 0.6 is 11.8 Å². The first-order valence-electron chi connectivity index (χ1n) is 5.95. The molecular weight excluding hydrogens is 292 g/mol. The molecule has 0 aliphatic carbocycles. The molecule has 0 aromatic heterocycles. The molecular formula is C14H16N2O2S2. The van der Waals surface area contributed by atoms with Crippen molar-refractivity contribution in [3.63, 3.8) is 0 Å². The fraction of sp³-hybridized carbons (Fsp3) is 0.143. The van der Waals surface area contributed by atoms with E-state index in [0.717, 1.165) is 20.9 Å². The van der Waals surface area contributed by atoms with Crippen molar-refractivity contribution in [2.75, 3.05) is 5.73 Å². The van der Waals surface area contributed by atoms with E-state index < -0.39 is 10.0 Å². The number of hydrogen-bond acceptors (Lipinski definition) is 4. The van der Waals surface area contributed by atoms with Crippen LogP contribution in [0.15, 0.2) is 51.1 Å². The van der Waals surface area contributed by atoms with Crippen molar-refractivity contribution in [2.45, 2.75) is 28.5 Å². The molecule has 0 aliphatic heterocycles. The van der Waals surface area contributed by atoms with Gasteiger partial charge in [-0.1, -0.05) is 23.9 Å². The molecule has 2 aromatic rings. The number of nitrogen functional groups attached to an aromatic ring is 1. The average molecular weight is 308 g/mol. The minimum absolute atomic E-state index is 0.0281. The molecule has 0 saturated heterocycles. The third kappa shape index (κ3) is 3.33. The summed E-state index contributed by atoms with van der Waals surface area (Å²) in [5.74, 6) is 0. The largest absolute Gasteiger partial charge is 0.398 e.